The highest BCUT2D eigenvalue weighted by molar-refractivity contribution is 5.93. The Balaban J connectivity index is 1.56. The molecule has 1 aliphatic carbocycles. The van der Waals surface area contributed by atoms with E-state index in [1.807, 2.05) is 38.3 Å². The van der Waals surface area contributed by atoms with Gasteiger partial charge in [0.2, 0.25) is 11.8 Å². The first kappa shape index (κ1) is 23.9. The first-order valence-electron chi connectivity index (χ1n) is 12.0. The number of nitrogens with zero attached hydrogens (tertiary/aromatic N) is 3. The fourth-order valence-electron chi connectivity index (χ4n) is 4.68. The lowest BCUT2D eigenvalue weighted by Gasteiger charge is -2.29. The number of halogens is 1. The third-order valence-electron chi connectivity index (χ3n) is 6.59. The maximum atomic E-state index is 14.9. The van der Waals surface area contributed by atoms with Crippen LogP contribution in [0.4, 0.5) is 10.2 Å². The normalized spacial score (nSPS) is 18.3. The molecule has 34 heavy (non-hydrogen) atoms. The zero-order chi connectivity index (χ0) is 24.4. The first-order chi connectivity index (χ1) is 16.3. The molecule has 1 aliphatic rings. The predicted octanol–water partition coefficient (Wildman–Crippen LogP) is 5.15. The number of aryl methyl sites for hydroxylation is 1. The van der Waals surface area contributed by atoms with Gasteiger partial charge in [0.15, 0.2) is 5.82 Å². The fourth-order valence-corrected chi connectivity index (χ4v) is 4.68. The molecular formula is C26H32FN5O2. The van der Waals surface area contributed by atoms with Gasteiger partial charge in [0, 0.05) is 30.6 Å². The van der Waals surface area contributed by atoms with Gasteiger partial charge in [-0.1, -0.05) is 13.3 Å². The van der Waals surface area contributed by atoms with Crippen LogP contribution in [0.5, 0.6) is 0 Å². The number of carbonyl (C=O) groups excluding carboxylic acids is 2. The lowest BCUT2D eigenvalue weighted by molar-refractivity contribution is -0.124. The van der Waals surface area contributed by atoms with Crippen molar-refractivity contribution in [3.05, 3.63) is 42.1 Å². The van der Waals surface area contributed by atoms with Gasteiger partial charge in [-0.2, -0.15) is 0 Å². The van der Waals surface area contributed by atoms with Gasteiger partial charge in [-0.05, 0) is 74.9 Å². The third-order valence-corrected chi connectivity index (χ3v) is 6.59. The summed E-state index contributed by atoms with van der Waals surface area (Å²) in [4.78, 5) is 33.3. The molecule has 2 heterocycles. The summed E-state index contributed by atoms with van der Waals surface area (Å²) in [6.45, 7) is 7.79. The van der Waals surface area contributed by atoms with E-state index in [-0.39, 0.29) is 35.6 Å². The number of anilines is 1. The van der Waals surface area contributed by atoms with Crippen molar-refractivity contribution in [2.75, 3.05) is 5.32 Å². The number of pyridine rings is 1. The largest absolute Gasteiger partial charge is 0.353 e. The lowest BCUT2D eigenvalue weighted by atomic mass is 9.85. The molecule has 3 aromatic rings. The number of aromatic nitrogens is 3. The second kappa shape index (κ2) is 9.91. The van der Waals surface area contributed by atoms with Crippen LogP contribution in [-0.4, -0.2) is 32.4 Å². The highest BCUT2D eigenvalue weighted by atomic mass is 19.1. The van der Waals surface area contributed by atoms with E-state index >= 15 is 0 Å². The minimum absolute atomic E-state index is 0.0129. The smallest absolute Gasteiger partial charge is 0.228 e. The monoisotopic (exact) mass is 465 g/mol. The van der Waals surface area contributed by atoms with Crippen molar-refractivity contribution in [2.24, 2.45) is 5.92 Å². The van der Waals surface area contributed by atoms with Crippen LogP contribution in [0.3, 0.4) is 0 Å². The zero-order valence-corrected chi connectivity index (χ0v) is 20.2. The number of hydrogen-bond donors (Lipinski definition) is 2. The molecule has 7 nitrogen and oxygen atoms in total. The van der Waals surface area contributed by atoms with Gasteiger partial charge < -0.3 is 15.2 Å². The van der Waals surface area contributed by atoms with E-state index < -0.39 is 0 Å². The molecule has 2 N–H and O–H groups in total. The number of benzene rings is 1. The van der Waals surface area contributed by atoms with Crippen molar-refractivity contribution in [1.29, 1.82) is 0 Å². The SMILES string of the molecule is CCC(=O)NC1CCCC(C(=O)Nc2cc(-c3cc(F)c4ncn(C(C)C)c4c3)c(C)cn2)C1. The number of hydrogen-bond acceptors (Lipinski definition) is 4. The lowest BCUT2D eigenvalue weighted by Crippen LogP contribution is -2.40. The quantitative estimate of drug-likeness (QED) is 0.527. The Labute approximate surface area is 199 Å². The summed E-state index contributed by atoms with van der Waals surface area (Å²) in [5.41, 5.74) is 3.48. The number of amides is 2. The minimum Gasteiger partial charge on any atom is -0.353 e. The summed E-state index contributed by atoms with van der Waals surface area (Å²) in [5.74, 6) is -0.216. The van der Waals surface area contributed by atoms with Gasteiger partial charge in [-0.25, -0.2) is 14.4 Å². The number of imidazole rings is 1. The number of fused-ring (bicyclic) bond motifs is 1. The van der Waals surface area contributed by atoms with Crippen LogP contribution in [0.1, 0.15) is 64.5 Å². The van der Waals surface area contributed by atoms with E-state index in [0.29, 0.717) is 29.7 Å². The van der Waals surface area contributed by atoms with Crippen LogP contribution in [0, 0.1) is 18.7 Å². The Kier molecular flexibility index (Phi) is 6.95. The van der Waals surface area contributed by atoms with E-state index in [9.17, 15) is 14.0 Å². The number of carbonyl (C=O) groups is 2. The van der Waals surface area contributed by atoms with Gasteiger partial charge in [-0.3, -0.25) is 9.59 Å². The van der Waals surface area contributed by atoms with Crippen molar-refractivity contribution < 1.29 is 14.0 Å². The van der Waals surface area contributed by atoms with Gasteiger partial charge in [0.05, 0.1) is 11.8 Å². The average Bonchev–Trinajstić information content (AvgIpc) is 3.25. The van der Waals surface area contributed by atoms with Crippen molar-refractivity contribution in [3.63, 3.8) is 0 Å². The van der Waals surface area contributed by atoms with Crippen LogP contribution in [0.2, 0.25) is 0 Å². The molecule has 0 saturated heterocycles. The number of nitrogens with one attached hydrogen (secondary N) is 2. The highest BCUT2D eigenvalue weighted by Crippen LogP contribution is 2.31. The average molecular weight is 466 g/mol. The Hall–Kier alpha value is -3.29. The topological polar surface area (TPSA) is 88.9 Å². The molecule has 1 fully saturated rings. The van der Waals surface area contributed by atoms with Crippen molar-refractivity contribution in [2.45, 2.75) is 71.9 Å². The van der Waals surface area contributed by atoms with Crippen molar-refractivity contribution in [3.8, 4) is 11.1 Å². The van der Waals surface area contributed by atoms with Gasteiger partial charge in [0.1, 0.15) is 11.3 Å². The Morgan fingerprint density at radius 1 is 1.21 bits per heavy atom. The van der Waals surface area contributed by atoms with Crippen LogP contribution >= 0.6 is 0 Å². The molecule has 0 aliphatic heterocycles. The van der Waals surface area contributed by atoms with Crippen LogP contribution < -0.4 is 10.6 Å². The van der Waals surface area contributed by atoms with Crippen LogP contribution in [0.25, 0.3) is 22.2 Å². The van der Waals surface area contributed by atoms with E-state index in [2.05, 4.69) is 20.6 Å². The van der Waals surface area contributed by atoms with E-state index in [4.69, 9.17) is 0 Å². The Morgan fingerprint density at radius 2 is 2.00 bits per heavy atom. The second-order valence-corrected chi connectivity index (χ2v) is 9.43. The maximum Gasteiger partial charge on any atom is 0.228 e. The van der Waals surface area contributed by atoms with Crippen molar-refractivity contribution in [1.82, 2.24) is 19.9 Å². The predicted molar refractivity (Wildman–Crippen MR) is 131 cm³/mol. The van der Waals surface area contributed by atoms with E-state index in [1.54, 1.807) is 18.6 Å². The minimum atomic E-state index is -0.379. The molecule has 4 rings (SSSR count). The Morgan fingerprint density at radius 3 is 2.74 bits per heavy atom. The zero-order valence-electron chi connectivity index (χ0n) is 20.2. The van der Waals surface area contributed by atoms with Crippen molar-refractivity contribution >= 4 is 28.7 Å². The molecule has 0 bridgehead atoms. The highest BCUT2D eigenvalue weighted by Gasteiger charge is 2.28. The summed E-state index contributed by atoms with van der Waals surface area (Å²) in [7, 11) is 0. The summed E-state index contributed by atoms with van der Waals surface area (Å²) in [6, 6.07) is 5.38. The summed E-state index contributed by atoms with van der Waals surface area (Å²) < 4.78 is 16.8. The standard InChI is InChI=1S/C26H32FN5O2/c1-5-24(33)30-19-8-6-7-17(9-19)26(34)31-23-12-20(16(4)13-28-23)18-10-21(27)25-22(11-18)32(14-29-25)15(2)3/h10-15,17,19H,5-9H2,1-4H3,(H,30,33)(H,28,31,34). The first-order valence-corrected chi connectivity index (χ1v) is 12.0. The summed E-state index contributed by atoms with van der Waals surface area (Å²) in [5, 5.41) is 5.95. The van der Waals surface area contributed by atoms with Gasteiger partial charge in [-0.15, -0.1) is 0 Å². The van der Waals surface area contributed by atoms with Crippen LogP contribution in [-0.2, 0) is 9.59 Å². The van der Waals surface area contributed by atoms with E-state index in [1.165, 1.54) is 6.07 Å². The molecule has 2 amide bonds. The maximum absolute atomic E-state index is 14.9. The Bertz CT molecular complexity index is 1220. The molecule has 1 saturated carbocycles. The fraction of sp³-hybridized carbons (Fsp3) is 0.462. The molecule has 0 radical (unpaired) electrons. The molecule has 1 aromatic carbocycles. The summed E-state index contributed by atoms with van der Waals surface area (Å²) in [6.07, 6.45) is 6.98. The van der Waals surface area contributed by atoms with Gasteiger partial charge >= 0.3 is 0 Å². The molecule has 180 valence electrons. The molecule has 2 atom stereocenters. The molecule has 8 heteroatoms. The summed E-state index contributed by atoms with van der Waals surface area (Å²) >= 11 is 0. The number of rotatable bonds is 6. The van der Waals surface area contributed by atoms with Crippen LogP contribution in [0.15, 0.2) is 30.7 Å². The van der Waals surface area contributed by atoms with E-state index in [0.717, 1.165) is 35.9 Å². The molecule has 2 unspecified atom stereocenters. The van der Waals surface area contributed by atoms with Gasteiger partial charge in [0.25, 0.3) is 0 Å². The molecule has 2 aromatic heterocycles. The molecule has 0 spiro atoms. The third kappa shape index (κ3) is 4.95. The molecular weight excluding hydrogens is 433 g/mol. The second-order valence-electron chi connectivity index (χ2n) is 9.43.